The number of nitrogens with two attached hydrogens (primary N) is 1. The Morgan fingerprint density at radius 3 is 2.55 bits per heavy atom. The van der Waals surface area contributed by atoms with Crippen LogP contribution in [-0.2, 0) is 0 Å². The first kappa shape index (κ1) is 19.1. The third-order valence-electron chi connectivity index (χ3n) is 2.78. The summed E-state index contributed by atoms with van der Waals surface area (Å²) >= 11 is 5.73. The van der Waals surface area contributed by atoms with Crippen LogP contribution in [0.5, 0.6) is 0 Å². The van der Waals surface area contributed by atoms with Crippen LogP contribution in [0.3, 0.4) is 0 Å². The summed E-state index contributed by atoms with van der Waals surface area (Å²) in [5, 5.41) is 2.55. The summed E-state index contributed by atoms with van der Waals surface area (Å²) in [6.45, 7) is 2.31. The Morgan fingerprint density at radius 1 is 1.40 bits per heavy atom. The van der Waals surface area contributed by atoms with E-state index in [0.29, 0.717) is 0 Å². The molecular weight excluding hydrogens is 309 g/mol. The minimum absolute atomic E-state index is 0. The summed E-state index contributed by atoms with van der Waals surface area (Å²) in [5.41, 5.74) is 5.46. The summed E-state index contributed by atoms with van der Waals surface area (Å²) in [7, 11) is 0. The Hall–Kier alpha value is -0.910. The topological polar surface area (TPSA) is 55.1 Å². The molecule has 0 aromatic heterocycles. The zero-order valence-corrected chi connectivity index (χ0v) is 12.7. The van der Waals surface area contributed by atoms with Gasteiger partial charge in [-0.1, -0.05) is 31.4 Å². The maximum absolute atomic E-state index is 13.1. The molecule has 0 aliphatic heterocycles. The predicted molar refractivity (Wildman–Crippen MR) is 78.4 cm³/mol. The smallest absolute Gasteiger partial charge is 0.253 e. The Bertz CT molecular complexity index is 458. The van der Waals surface area contributed by atoms with Crippen molar-refractivity contribution in [1.82, 2.24) is 5.32 Å². The number of rotatable bonds is 6. The van der Waals surface area contributed by atoms with E-state index in [-0.39, 0.29) is 35.6 Å². The lowest BCUT2D eigenvalue weighted by molar-refractivity contribution is 0.0935. The molecule has 0 spiro atoms. The summed E-state index contributed by atoms with van der Waals surface area (Å²) in [6, 6.07) is 1.38. The lowest BCUT2D eigenvalue weighted by Crippen LogP contribution is -2.40. The second-order valence-corrected chi connectivity index (χ2v) is 4.70. The van der Waals surface area contributed by atoms with Gasteiger partial charge in [-0.25, -0.2) is 8.78 Å². The lowest BCUT2D eigenvalue weighted by atomic mass is 10.1. The summed E-state index contributed by atoms with van der Waals surface area (Å²) in [4.78, 5) is 11.9. The van der Waals surface area contributed by atoms with E-state index in [9.17, 15) is 13.6 Å². The molecule has 0 bridgehead atoms. The van der Waals surface area contributed by atoms with Crippen molar-refractivity contribution in [2.75, 3.05) is 6.54 Å². The fourth-order valence-corrected chi connectivity index (χ4v) is 1.90. The number of halogens is 4. The number of nitrogens with one attached hydrogen (secondary N) is 1. The van der Waals surface area contributed by atoms with Gasteiger partial charge in [-0.2, -0.15) is 0 Å². The van der Waals surface area contributed by atoms with Gasteiger partial charge in [-0.15, -0.1) is 12.4 Å². The van der Waals surface area contributed by atoms with Crippen LogP contribution in [0.2, 0.25) is 5.02 Å². The van der Waals surface area contributed by atoms with E-state index in [4.69, 9.17) is 17.3 Å². The molecule has 0 aliphatic carbocycles. The molecule has 0 aliphatic rings. The number of unbranched alkanes of at least 4 members (excludes halogenated alkanes) is 1. The van der Waals surface area contributed by atoms with Crippen LogP contribution in [0, 0.1) is 11.6 Å². The van der Waals surface area contributed by atoms with Crippen LogP contribution in [0.15, 0.2) is 12.1 Å². The second-order valence-electron chi connectivity index (χ2n) is 4.29. The van der Waals surface area contributed by atoms with Crippen LogP contribution < -0.4 is 11.1 Å². The van der Waals surface area contributed by atoms with E-state index < -0.39 is 17.5 Å². The first-order valence-corrected chi connectivity index (χ1v) is 6.52. The number of hydrogen-bond acceptors (Lipinski definition) is 2. The molecule has 1 atom stereocenters. The van der Waals surface area contributed by atoms with Gasteiger partial charge in [0.2, 0.25) is 0 Å². The molecule has 7 heteroatoms. The standard InChI is InChI=1S/C13H17ClF2N2O.ClH/c1-2-3-4-8(7-17)18-13(19)9-5-11(15)12(16)6-10(9)14;/h5-6,8H,2-4,7,17H2,1H3,(H,18,19);1H. The first-order chi connectivity index (χ1) is 8.99. The molecule has 1 aromatic rings. The van der Waals surface area contributed by atoms with Gasteiger partial charge in [0.1, 0.15) is 0 Å². The van der Waals surface area contributed by atoms with Crippen LogP contribution in [0.25, 0.3) is 0 Å². The van der Waals surface area contributed by atoms with Gasteiger partial charge in [0, 0.05) is 12.6 Å². The average Bonchev–Trinajstić information content (AvgIpc) is 2.38. The third kappa shape index (κ3) is 5.23. The van der Waals surface area contributed by atoms with Gasteiger partial charge in [0.15, 0.2) is 11.6 Å². The maximum atomic E-state index is 13.1. The van der Waals surface area contributed by atoms with Crippen molar-refractivity contribution in [2.45, 2.75) is 32.2 Å². The molecule has 114 valence electrons. The molecule has 0 heterocycles. The molecule has 1 aromatic carbocycles. The van der Waals surface area contributed by atoms with Crippen molar-refractivity contribution in [2.24, 2.45) is 5.73 Å². The normalized spacial score (nSPS) is 11.7. The van der Waals surface area contributed by atoms with E-state index in [2.05, 4.69) is 5.32 Å². The Balaban J connectivity index is 0.00000361. The van der Waals surface area contributed by atoms with Gasteiger partial charge < -0.3 is 11.1 Å². The summed E-state index contributed by atoms with van der Waals surface area (Å²) in [6.07, 6.45) is 2.64. The second kappa shape index (κ2) is 9.10. The largest absolute Gasteiger partial charge is 0.348 e. The van der Waals surface area contributed by atoms with Gasteiger partial charge in [0.25, 0.3) is 5.91 Å². The number of benzene rings is 1. The number of hydrogen-bond donors (Lipinski definition) is 2. The van der Waals surface area contributed by atoms with Crippen molar-refractivity contribution in [3.05, 3.63) is 34.4 Å². The molecule has 1 unspecified atom stereocenters. The van der Waals surface area contributed by atoms with Crippen LogP contribution in [-0.4, -0.2) is 18.5 Å². The van der Waals surface area contributed by atoms with Crippen molar-refractivity contribution in [1.29, 1.82) is 0 Å². The van der Waals surface area contributed by atoms with Gasteiger partial charge >= 0.3 is 0 Å². The quantitative estimate of drug-likeness (QED) is 0.788. The molecular formula is C13H18Cl2F2N2O. The van der Waals surface area contributed by atoms with Crippen molar-refractivity contribution < 1.29 is 13.6 Å². The van der Waals surface area contributed by atoms with Crippen LogP contribution in [0.1, 0.15) is 36.5 Å². The zero-order chi connectivity index (χ0) is 14.4. The minimum atomic E-state index is -1.10. The molecule has 1 rings (SSSR count). The monoisotopic (exact) mass is 326 g/mol. The van der Waals surface area contributed by atoms with Gasteiger partial charge in [-0.3, -0.25) is 4.79 Å². The number of amides is 1. The molecule has 0 fully saturated rings. The van der Waals surface area contributed by atoms with E-state index in [1.807, 2.05) is 6.92 Å². The minimum Gasteiger partial charge on any atom is -0.348 e. The highest BCUT2D eigenvalue weighted by Gasteiger charge is 2.17. The van der Waals surface area contributed by atoms with E-state index in [0.717, 1.165) is 31.4 Å². The van der Waals surface area contributed by atoms with E-state index in [1.165, 1.54) is 0 Å². The molecule has 0 saturated carbocycles. The maximum Gasteiger partial charge on any atom is 0.253 e. The molecule has 3 nitrogen and oxygen atoms in total. The Kier molecular flexibility index (Phi) is 8.69. The highest BCUT2D eigenvalue weighted by Crippen LogP contribution is 2.20. The van der Waals surface area contributed by atoms with Crippen molar-refractivity contribution in [3.8, 4) is 0 Å². The fourth-order valence-electron chi connectivity index (χ4n) is 1.66. The van der Waals surface area contributed by atoms with Crippen molar-refractivity contribution in [3.63, 3.8) is 0 Å². The molecule has 20 heavy (non-hydrogen) atoms. The van der Waals surface area contributed by atoms with E-state index in [1.54, 1.807) is 0 Å². The average molecular weight is 327 g/mol. The molecule has 3 N–H and O–H groups in total. The fraction of sp³-hybridized carbons (Fsp3) is 0.462. The summed E-state index contributed by atoms with van der Waals surface area (Å²) in [5.74, 6) is -2.73. The third-order valence-corrected chi connectivity index (χ3v) is 3.09. The Labute approximate surface area is 128 Å². The SMILES string of the molecule is CCCCC(CN)NC(=O)c1cc(F)c(F)cc1Cl.Cl. The van der Waals surface area contributed by atoms with Crippen LogP contribution in [0.4, 0.5) is 8.78 Å². The van der Waals surface area contributed by atoms with Gasteiger partial charge in [-0.05, 0) is 18.6 Å². The van der Waals surface area contributed by atoms with Gasteiger partial charge in [0.05, 0.1) is 10.6 Å². The lowest BCUT2D eigenvalue weighted by Gasteiger charge is -2.17. The first-order valence-electron chi connectivity index (χ1n) is 6.15. The molecule has 1 amide bonds. The Morgan fingerprint density at radius 2 is 2.00 bits per heavy atom. The highest BCUT2D eigenvalue weighted by atomic mass is 35.5. The number of carbonyl (C=O) groups excluding carboxylic acids is 1. The van der Waals surface area contributed by atoms with E-state index >= 15 is 0 Å². The highest BCUT2D eigenvalue weighted by molar-refractivity contribution is 6.33. The molecule has 0 radical (unpaired) electrons. The predicted octanol–water partition coefficient (Wildman–Crippen LogP) is 3.29. The van der Waals surface area contributed by atoms with Crippen LogP contribution >= 0.6 is 24.0 Å². The molecule has 0 saturated heterocycles. The summed E-state index contributed by atoms with van der Waals surface area (Å²) < 4.78 is 26.0. The zero-order valence-electron chi connectivity index (χ0n) is 11.1. The van der Waals surface area contributed by atoms with Crippen molar-refractivity contribution >= 4 is 29.9 Å². The number of carbonyl (C=O) groups is 1.